The molecule has 1 aromatic rings. The molecule has 1 aliphatic rings. The molecule has 2 rings (SSSR count). The number of hydrogen-bond acceptors (Lipinski definition) is 4. The van der Waals surface area contributed by atoms with E-state index in [1.54, 1.807) is 0 Å². The van der Waals surface area contributed by atoms with Gasteiger partial charge < -0.3 is 15.2 Å². The minimum atomic E-state index is -2.73. The molecule has 0 saturated heterocycles. The van der Waals surface area contributed by atoms with Gasteiger partial charge in [-0.2, -0.15) is 0 Å². The third-order valence-corrected chi connectivity index (χ3v) is 1.96. The van der Waals surface area contributed by atoms with Crippen LogP contribution >= 0.6 is 0 Å². The molecule has 0 unspecified atom stereocenters. The number of nitro groups is 1. The van der Waals surface area contributed by atoms with Crippen molar-refractivity contribution >= 4 is 5.82 Å². The maximum absolute atomic E-state index is 10.7. The molecule has 0 amide bonds. The zero-order valence-electron chi connectivity index (χ0n) is 8.67. The van der Waals surface area contributed by atoms with Crippen LogP contribution in [0.1, 0.15) is 27.2 Å². The summed E-state index contributed by atoms with van der Waals surface area (Å²) in [5.74, 6) is -0.454. The first-order chi connectivity index (χ1) is 6.91. The van der Waals surface area contributed by atoms with Crippen molar-refractivity contribution in [2.24, 2.45) is 0 Å². The molecule has 6 heteroatoms. The molecule has 6 nitrogen and oxygen atoms in total. The van der Waals surface area contributed by atoms with E-state index in [0.717, 1.165) is 19.0 Å². The van der Waals surface area contributed by atoms with Crippen LogP contribution in [0.2, 0.25) is 0 Å². The van der Waals surface area contributed by atoms with Crippen molar-refractivity contribution in [2.75, 3.05) is 0 Å². The summed E-state index contributed by atoms with van der Waals surface area (Å²) in [6, 6.07) is -0.0264. The van der Waals surface area contributed by atoms with Crippen molar-refractivity contribution in [3.05, 3.63) is 21.9 Å². The number of rotatable bonds is 3. The number of aliphatic hydroxyl groups is 1. The highest BCUT2D eigenvalue weighted by molar-refractivity contribution is 5.31. The van der Waals surface area contributed by atoms with Gasteiger partial charge in [0.05, 0.1) is 21.1 Å². The van der Waals surface area contributed by atoms with Crippen LogP contribution in [0.15, 0.2) is 6.20 Å². The molecule has 1 heterocycles. The molecule has 1 aromatic heterocycles. The monoisotopic (exact) mass is 185 g/mol. The van der Waals surface area contributed by atoms with Crippen molar-refractivity contribution in [3.63, 3.8) is 0 Å². The van der Waals surface area contributed by atoms with Gasteiger partial charge in [-0.15, -0.1) is 4.68 Å². The predicted octanol–water partition coefficient (Wildman–Crippen LogP) is 0.618. The van der Waals surface area contributed by atoms with Crippen LogP contribution in [-0.2, 0) is 6.56 Å². The second kappa shape index (κ2) is 2.81. The van der Waals surface area contributed by atoms with Crippen LogP contribution in [0.4, 0.5) is 5.82 Å². The highest BCUT2D eigenvalue weighted by Crippen LogP contribution is 2.38. The van der Waals surface area contributed by atoms with E-state index in [4.69, 9.17) is 7.85 Å². The molecule has 0 aromatic carbocycles. The average molecular weight is 185 g/mol. The highest BCUT2D eigenvalue weighted by Gasteiger charge is 2.35. The Morgan fingerprint density at radius 2 is 2.62 bits per heavy atom. The number of hydrogen-bond donors (Lipinski definition) is 1. The van der Waals surface area contributed by atoms with Gasteiger partial charge in [0, 0.05) is 0 Å². The van der Waals surface area contributed by atoms with E-state index >= 15 is 0 Å². The molecular formula is C7H9N3O3. The molecule has 13 heavy (non-hydrogen) atoms. The van der Waals surface area contributed by atoms with Crippen LogP contribution in [0.25, 0.3) is 0 Å². The van der Waals surface area contributed by atoms with Crippen molar-refractivity contribution in [1.82, 2.24) is 9.78 Å². The first-order valence-electron chi connectivity index (χ1n) is 4.86. The van der Waals surface area contributed by atoms with Crippen molar-refractivity contribution < 1.29 is 12.8 Å². The average Bonchev–Trinajstić information content (AvgIpc) is 2.81. The first kappa shape index (κ1) is 6.09. The fourth-order valence-corrected chi connectivity index (χ4v) is 1.20. The smallest absolute Gasteiger partial charge is 0.350 e. The van der Waals surface area contributed by atoms with Gasteiger partial charge in [-0.3, -0.25) is 0 Å². The van der Waals surface area contributed by atoms with Gasteiger partial charge in [-0.05, 0) is 17.8 Å². The number of nitrogens with zero attached hydrogens (tertiary/aromatic N) is 3. The molecule has 1 saturated carbocycles. The third kappa shape index (κ3) is 1.29. The van der Waals surface area contributed by atoms with E-state index in [2.05, 4.69) is 5.10 Å². The molecular weight excluding hydrogens is 174 g/mol. The van der Waals surface area contributed by atoms with Gasteiger partial charge in [-0.25, -0.2) is 0 Å². The molecule has 1 N–H and O–H groups in total. The number of aromatic nitrogens is 2. The Bertz CT molecular complexity index is 408. The summed E-state index contributed by atoms with van der Waals surface area (Å²) in [4.78, 5) is 10.0. The van der Waals surface area contributed by atoms with E-state index in [0.29, 0.717) is 0 Å². The minimum absolute atomic E-state index is 0.0264. The summed E-state index contributed by atoms with van der Waals surface area (Å²) < 4.78 is 15.3. The summed E-state index contributed by atoms with van der Waals surface area (Å²) in [6.45, 7) is -2.73. The molecule has 0 aliphatic heterocycles. The van der Waals surface area contributed by atoms with Crippen LogP contribution in [0.3, 0.4) is 0 Å². The summed E-state index contributed by atoms with van der Waals surface area (Å²) in [7, 11) is 0. The molecule has 1 aliphatic carbocycles. The Kier molecular flexibility index (Phi) is 1.31. The Morgan fingerprint density at radius 1 is 1.92 bits per heavy atom. The Balaban J connectivity index is 2.51. The molecule has 0 radical (unpaired) electrons. The molecule has 0 bridgehead atoms. The third-order valence-electron chi connectivity index (χ3n) is 1.96. The lowest BCUT2D eigenvalue weighted by molar-refractivity contribution is -0.393. The normalized spacial score (nSPS) is 19.5. The zero-order chi connectivity index (χ0) is 11.2. The molecule has 0 spiro atoms. The molecule has 0 atom stereocenters. The standard InChI is InChI=1S/C7H9N3O3/c11-4-5-3-8-9(6-1-2-6)7(5)10(12)13/h3,6,11H,1-2,4H2/i4D2. The largest absolute Gasteiger partial charge is 0.391 e. The molecule has 70 valence electrons. The maximum atomic E-state index is 10.7. The fourth-order valence-electron chi connectivity index (χ4n) is 1.20. The second-order valence-corrected chi connectivity index (χ2v) is 2.93. The van der Waals surface area contributed by atoms with E-state index in [1.807, 2.05) is 0 Å². The van der Waals surface area contributed by atoms with Gasteiger partial charge in [0.15, 0.2) is 0 Å². The van der Waals surface area contributed by atoms with Crippen LogP contribution in [0, 0.1) is 10.1 Å². The second-order valence-electron chi connectivity index (χ2n) is 2.93. The minimum Gasteiger partial charge on any atom is -0.391 e. The van der Waals surface area contributed by atoms with Crippen molar-refractivity contribution in [1.29, 1.82) is 0 Å². The first-order valence-corrected chi connectivity index (χ1v) is 3.86. The van der Waals surface area contributed by atoms with Crippen LogP contribution in [0.5, 0.6) is 0 Å². The van der Waals surface area contributed by atoms with Crippen LogP contribution < -0.4 is 0 Å². The lowest BCUT2D eigenvalue weighted by Gasteiger charge is -1.97. The van der Waals surface area contributed by atoms with Gasteiger partial charge in [0.1, 0.15) is 6.04 Å². The summed E-state index contributed by atoms with van der Waals surface area (Å²) >= 11 is 0. The van der Waals surface area contributed by atoms with E-state index in [1.165, 1.54) is 4.68 Å². The summed E-state index contributed by atoms with van der Waals surface area (Å²) in [6.07, 6.45) is 2.61. The summed E-state index contributed by atoms with van der Waals surface area (Å²) in [5, 5.41) is 23.6. The SMILES string of the molecule is [2H]C([2H])(O)c1cnn(C2CC2)c1[N+](=O)[O-]. The quantitative estimate of drug-likeness (QED) is 0.552. The lowest BCUT2D eigenvalue weighted by atomic mass is 10.3. The molecule has 1 fully saturated rings. The Hall–Kier alpha value is -1.43. The van der Waals surface area contributed by atoms with E-state index in [-0.39, 0.29) is 11.6 Å². The zero-order valence-corrected chi connectivity index (χ0v) is 6.67. The van der Waals surface area contributed by atoms with Gasteiger partial charge in [0.25, 0.3) is 0 Å². The Morgan fingerprint density at radius 3 is 3.08 bits per heavy atom. The van der Waals surface area contributed by atoms with E-state index < -0.39 is 17.3 Å². The Labute approximate surface area is 76.7 Å². The fraction of sp³-hybridized carbons (Fsp3) is 0.571. The van der Waals surface area contributed by atoms with Gasteiger partial charge >= 0.3 is 5.82 Å². The van der Waals surface area contributed by atoms with Gasteiger partial charge in [-0.1, -0.05) is 5.10 Å². The predicted molar refractivity (Wildman–Crippen MR) is 43.1 cm³/mol. The lowest BCUT2D eigenvalue weighted by Crippen LogP contribution is -2.03. The van der Waals surface area contributed by atoms with Crippen LogP contribution in [-0.4, -0.2) is 19.8 Å². The van der Waals surface area contributed by atoms with Crippen molar-refractivity contribution in [3.8, 4) is 0 Å². The van der Waals surface area contributed by atoms with Crippen molar-refractivity contribution in [2.45, 2.75) is 25.4 Å². The maximum Gasteiger partial charge on any atom is 0.350 e. The summed E-state index contributed by atoms with van der Waals surface area (Å²) in [5.41, 5.74) is -0.389. The topological polar surface area (TPSA) is 81.2 Å². The highest BCUT2D eigenvalue weighted by atomic mass is 16.6. The van der Waals surface area contributed by atoms with Gasteiger partial charge in [0.2, 0.25) is 0 Å². The van der Waals surface area contributed by atoms with E-state index in [9.17, 15) is 10.1 Å².